The Morgan fingerprint density at radius 3 is 1.94 bits per heavy atom. The van der Waals surface area contributed by atoms with E-state index in [-0.39, 0.29) is 10.8 Å². The quantitative estimate of drug-likeness (QED) is 0.332. The van der Waals surface area contributed by atoms with Crippen LogP contribution in [-0.2, 0) is 11.2 Å². The summed E-state index contributed by atoms with van der Waals surface area (Å²) < 4.78 is 19.0. The van der Waals surface area contributed by atoms with Gasteiger partial charge in [0.25, 0.3) is 0 Å². The number of rotatable bonds is 9. The second-order valence-electron chi connectivity index (χ2n) is 10.6. The zero-order valence-corrected chi connectivity index (χ0v) is 21.0. The highest BCUT2D eigenvalue weighted by molar-refractivity contribution is 6.30. The van der Waals surface area contributed by atoms with Gasteiger partial charge in [-0.1, -0.05) is 67.6 Å². The van der Waals surface area contributed by atoms with Gasteiger partial charge in [-0.05, 0) is 104 Å². The molecule has 0 saturated heterocycles. The lowest BCUT2D eigenvalue weighted by molar-refractivity contribution is 0.133. The molecule has 2 aromatic carbocycles. The lowest BCUT2D eigenvalue weighted by Crippen LogP contribution is -2.26. The maximum Gasteiger partial charge on any atom is 0.142 e. The summed E-state index contributed by atoms with van der Waals surface area (Å²) in [6, 6.07) is 13.7. The van der Waals surface area contributed by atoms with E-state index in [0.717, 1.165) is 47.8 Å². The van der Waals surface area contributed by atoms with Gasteiger partial charge >= 0.3 is 0 Å². The molecule has 4 rings (SSSR count). The summed E-state index contributed by atoms with van der Waals surface area (Å²) in [5, 5.41) is 0.177. The Morgan fingerprint density at radius 2 is 1.36 bits per heavy atom. The summed E-state index contributed by atoms with van der Waals surface area (Å²) in [5.74, 6) is 3.47. The van der Waals surface area contributed by atoms with Crippen LogP contribution in [0.1, 0.15) is 76.2 Å². The maximum atomic E-state index is 13.8. The molecule has 0 atom stereocenters. The van der Waals surface area contributed by atoms with E-state index in [1.807, 2.05) is 13.2 Å². The first-order valence-electron chi connectivity index (χ1n) is 13.2. The number of hydrogen-bond donors (Lipinski definition) is 0. The Bertz CT molecular complexity index is 848. The van der Waals surface area contributed by atoms with Gasteiger partial charge in [-0.15, -0.1) is 0 Å². The van der Waals surface area contributed by atoms with E-state index in [2.05, 4.69) is 24.3 Å². The zero-order chi connectivity index (χ0) is 23.0. The van der Waals surface area contributed by atoms with Gasteiger partial charge in [-0.25, -0.2) is 4.39 Å². The number of benzene rings is 2. The van der Waals surface area contributed by atoms with E-state index in [9.17, 15) is 4.39 Å². The van der Waals surface area contributed by atoms with Crippen molar-refractivity contribution in [2.75, 3.05) is 13.7 Å². The Balaban J connectivity index is 1.17. The third kappa shape index (κ3) is 7.06. The van der Waals surface area contributed by atoms with Gasteiger partial charge in [0.2, 0.25) is 0 Å². The highest BCUT2D eigenvalue weighted by atomic mass is 35.5. The fraction of sp³-hybridized carbons (Fsp3) is 0.600. The van der Waals surface area contributed by atoms with E-state index in [1.54, 1.807) is 6.07 Å². The van der Waals surface area contributed by atoms with Crippen molar-refractivity contribution in [2.24, 2.45) is 23.7 Å². The number of ether oxygens (including phenoxy) is 1. The highest BCUT2D eigenvalue weighted by Gasteiger charge is 2.30. The van der Waals surface area contributed by atoms with E-state index >= 15 is 0 Å². The standard InChI is InChI=1S/C30H40ClFO/c1-33-20-2-3-22-6-12-25(13-7-22)26-14-8-23(9-15-26)4-5-24-10-16-27(17-11-24)28-18-19-29(31)30(32)21-28/h10-11,16-19,21-23,25-26H,2-9,12-15,20H2,1H3/t22-,23?,25-,26?. The second kappa shape index (κ2) is 12.4. The monoisotopic (exact) mass is 470 g/mol. The maximum absolute atomic E-state index is 13.8. The first-order chi connectivity index (χ1) is 16.1. The van der Waals surface area contributed by atoms with E-state index in [0.29, 0.717) is 0 Å². The highest BCUT2D eigenvalue weighted by Crippen LogP contribution is 2.43. The molecular weight excluding hydrogens is 431 g/mol. The van der Waals surface area contributed by atoms with Crippen LogP contribution in [0.2, 0.25) is 5.02 Å². The van der Waals surface area contributed by atoms with Crippen molar-refractivity contribution < 1.29 is 9.13 Å². The van der Waals surface area contributed by atoms with Crippen LogP contribution in [0.15, 0.2) is 42.5 Å². The molecule has 180 valence electrons. The molecule has 3 heteroatoms. The summed E-state index contributed by atoms with van der Waals surface area (Å²) in [6.45, 7) is 0.927. The van der Waals surface area contributed by atoms with Crippen molar-refractivity contribution >= 4 is 11.6 Å². The fourth-order valence-corrected chi connectivity index (χ4v) is 6.44. The molecule has 0 amide bonds. The molecule has 0 N–H and O–H groups in total. The number of methoxy groups -OCH3 is 1. The zero-order valence-electron chi connectivity index (χ0n) is 20.2. The molecule has 1 nitrogen and oxygen atoms in total. The molecule has 33 heavy (non-hydrogen) atoms. The van der Waals surface area contributed by atoms with Gasteiger partial charge in [-0.3, -0.25) is 0 Å². The third-order valence-electron chi connectivity index (χ3n) is 8.46. The predicted molar refractivity (Wildman–Crippen MR) is 137 cm³/mol. The minimum absolute atomic E-state index is 0.177. The average molecular weight is 471 g/mol. The first-order valence-corrected chi connectivity index (χ1v) is 13.5. The molecule has 0 aliphatic heterocycles. The number of halogens is 2. The first kappa shape index (κ1) is 24.7. The second-order valence-corrected chi connectivity index (χ2v) is 11.0. The van der Waals surface area contributed by atoms with E-state index < -0.39 is 0 Å². The molecule has 0 aromatic heterocycles. The molecule has 2 aliphatic rings. The Kier molecular flexibility index (Phi) is 9.26. The molecule has 0 spiro atoms. The molecule has 0 unspecified atom stereocenters. The average Bonchev–Trinajstić information content (AvgIpc) is 2.86. The fourth-order valence-electron chi connectivity index (χ4n) is 6.32. The lowest BCUT2D eigenvalue weighted by Gasteiger charge is -2.38. The minimum atomic E-state index is -0.357. The summed E-state index contributed by atoms with van der Waals surface area (Å²) in [5.41, 5.74) is 3.32. The van der Waals surface area contributed by atoms with Crippen LogP contribution in [0, 0.1) is 29.5 Å². The predicted octanol–water partition coefficient (Wildman–Crippen LogP) is 9.12. The van der Waals surface area contributed by atoms with Gasteiger partial charge in [0.05, 0.1) is 5.02 Å². The molecule has 0 radical (unpaired) electrons. The van der Waals surface area contributed by atoms with Crippen molar-refractivity contribution in [1.82, 2.24) is 0 Å². The number of hydrogen-bond acceptors (Lipinski definition) is 1. The van der Waals surface area contributed by atoms with Gasteiger partial charge in [-0.2, -0.15) is 0 Å². The van der Waals surface area contributed by atoms with E-state index in [1.165, 1.54) is 82.3 Å². The largest absolute Gasteiger partial charge is 0.385 e. The minimum Gasteiger partial charge on any atom is -0.385 e. The van der Waals surface area contributed by atoms with Crippen LogP contribution >= 0.6 is 11.6 Å². The van der Waals surface area contributed by atoms with Crippen molar-refractivity contribution in [3.8, 4) is 11.1 Å². The van der Waals surface area contributed by atoms with Crippen molar-refractivity contribution in [3.05, 3.63) is 58.9 Å². The Morgan fingerprint density at radius 1 is 0.788 bits per heavy atom. The number of aryl methyl sites for hydroxylation is 1. The molecule has 2 saturated carbocycles. The normalized spacial score (nSPS) is 25.8. The molecule has 0 bridgehead atoms. The summed E-state index contributed by atoms with van der Waals surface area (Å²) in [6.07, 6.45) is 16.6. The van der Waals surface area contributed by atoms with Gasteiger partial charge < -0.3 is 4.74 Å². The van der Waals surface area contributed by atoms with Crippen LogP contribution < -0.4 is 0 Å². The van der Waals surface area contributed by atoms with Gasteiger partial charge in [0.15, 0.2) is 0 Å². The smallest absolute Gasteiger partial charge is 0.142 e. The van der Waals surface area contributed by atoms with Gasteiger partial charge in [0, 0.05) is 13.7 Å². The van der Waals surface area contributed by atoms with Crippen LogP contribution in [0.25, 0.3) is 11.1 Å². The van der Waals surface area contributed by atoms with Crippen molar-refractivity contribution in [3.63, 3.8) is 0 Å². The van der Waals surface area contributed by atoms with Gasteiger partial charge in [0.1, 0.15) is 5.82 Å². The molecule has 2 aromatic rings. The summed E-state index contributed by atoms with van der Waals surface area (Å²) in [7, 11) is 1.81. The van der Waals surface area contributed by atoms with Crippen LogP contribution in [0.4, 0.5) is 4.39 Å². The molecule has 2 aliphatic carbocycles. The van der Waals surface area contributed by atoms with Crippen LogP contribution in [0.3, 0.4) is 0 Å². The third-order valence-corrected chi connectivity index (χ3v) is 8.76. The Labute approximate surface area is 205 Å². The van der Waals surface area contributed by atoms with Crippen molar-refractivity contribution in [1.29, 1.82) is 0 Å². The Hall–Kier alpha value is -1.38. The van der Waals surface area contributed by atoms with E-state index in [4.69, 9.17) is 16.3 Å². The van der Waals surface area contributed by atoms with Crippen LogP contribution in [0.5, 0.6) is 0 Å². The summed E-state index contributed by atoms with van der Waals surface area (Å²) in [4.78, 5) is 0. The molecule has 0 heterocycles. The topological polar surface area (TPSA) is 9.23 Å². The summed E-state index contributed by atoms with van der Waals surface area (Å²) >= 11 is 5.81. The van der Waals surface area contributed by atoms with Crippen LogP contribution in [-0.4, -0.2) is 13.7 Å². The molecule has 2 fully saturated rings. The van der Waals surface area contributed by atoms with Crippen molar-refractivity contribution in [2.45, 2.75) is 77.0 Å². The SMILES string of the molecule is COCCC[C@H]1CC[C@H](C2CCC(CCc3ccc(-c4ccc(Cl)c(F)c4)cc3)CC2)CC1. The lowest BCUT2D eigenvalue weighted by atomic mass is 9.68. The molecular formula is C30H40ClFO.